The maximum Gasteiger partial charge on any atom is 0.244 e. The van der Waals surface area contributed by atoms with Crippen LogP contribution >= 0.6 is 0 Å². The number of nitrogens with two attached hydrogens (primary N) is 3. The van der Waals surface area contributed by atoms with E-state index >= 15 is 0 Å². The van der Waals surface area contributed by atoms with Crippen LogP contribution in [0.4, 0.5) is 0 Å². The largest absolute Gasteiger partial charge is 0.508 e. The molecule has 4 rings (SSSR count). The van der Waals surface area contributed by atoms with Crippen LogP contribution in [0.5, 0.6) is 5.75 Å². The van der Waals surface area contributed by atoms with Crippen molar-refractivity contribution in [1.29, 1.82) is 10.8 Å². The highest BCUT2D eigenvalue weighted by molar-refractivity contribution is 5.98. The van der Waals surface area contributed by atoms with Crippen LogP contribution in [0.3, 0.4) is 0 Å². The highest BCUT2D eigenvalue weighted by Gasteiger charge is 2.33. The molecule has 0 radical (unpaired) electrons. The zero-order chi connectivity index (χ0) is 56.6. The quantitative estimate of drug-likeness (QED) is 0.0368. The number of ketones is 1. The molecule has 77 heavy (non-hydrogen) atoms. The second-order valence-corrected chi connectivity index (χ2v) is 18.4. The monoisotopic (exact) mass is 1070 g/mol. The maximum atomic E-state index is 14.3. The van der Waals surface area contributed by atoms with E-state index in [-0.39, 0.29) is 82.1 Å². The number of rotatable bonds is 16. The number of guanidine groups is 2. The van der Waals surface area contributed by atoms with Crippen LogP contribution < -0.4 is 75.7 Å². The van der Waals surface area contributed by atoms with E-state index in [1.54, 1.807) is 6.07 Å². The first kappa shape index (κ1) is 60.7. The summed E-state index contributed by atoms with van der Waals surface area (Å²) in [5, 5.41) is 54.9. The van der Waals surface area contributed by atoms with Gasteiger partial charge in [-0.3, -0.25) is 58.8 Å². The number of Topliss-reactive ketones (excluding diaryl/α,β-unsaturated/α-hetero) is 1. The minimum absolute atomic E-state index is 0.00237. The predicted molar refractivity (Wildman–Crippen MR) is 282 cm³/mol. The molecule has 0 unspecified atom stereocenters. The van der Waals surface area contributed by atoms with Crippen molar-refractivity contribution in [3.63, 3.8) is 0 Å². The van der Waals surface area contributed by atoms with Gasteiger partial charge in [-0.05, 0) is 73.1 Å². The molecule has 7 atom stereocenters. The van der Waals surface area contributed by atoms with Crippen LogP contribution in [0, 0.1) is 10.8 Å². The molecule has 0 bridgehead atoms. The minimum atomic E-state index is -1.50. The Balaban J connectivity index is 1.71. The Morgan fingerprint density at radius 3 is 1.96 bits per heavy atom. The third-order valence-electron chi connectivity index (χ3n) is 12.1. The number of fused-ring (bicyclic) bond motifs is 1. The van der Waals surface area contributed by atoms with Gasteiger partial charge < -0.3 is 80.8 Å². The molecule has 0 aliphatic carbocycles. The van der Waals surface area contributed by atoms with E-state index in [0.717, 1.165) is 17.7 Å². The standard InChI is InChI=1S/C50H70N16O11/c1-27-43(72)65-38(23-30-11-14-31-7-3-4-8-32(31)21-30)44(73)59-26-41(70)62-40(48(77)63-35(42(51)71)9-5-19-57-49(52)53)25-56-24-34(69)17-18-37(61-28(2)67)46(75)66-39(22-29-12-15-33(68)16-13-29)47(76)64-36(45(74)60-27)10-6-20-58-50(54)55/h3-4,7-8,11-16,21,27,35-40,56,68H,5-6,9-10,17-20,22-26H2,1-2H3,(H2,51,71)(H,59,73)(H,60,74)(H,61,67)(H,62,70)(H,63,77)(H,64,76)(H,65,72)(H,66,75)(H4,52,53,57)(H4,54,55,58)/t27-,35+,36+,37+,38+,39+,40+/m1/s1. The predicted octanol–water partition coefficient (Wildman–Crippen LogP) is -4.16. The molecule has 3 aromatic rings. The van der Waals surface area contributed by atoms with E-state index in [2.05, 4.69) is 58.5 Å². The number of phenolic OH excluding ortho intramolecular Hbond substituents is 1. The van der Waals surface area contributed by atoms with Crippen molar-refractivity contribution in [2.45, 2.75) is 108 Å². The molecule has 20 N–H and O–H groups in total. The minimum Gasteiger partial charge on any atom is -0.508 e. The first-order chi connectivity index (χ1) is 36.6. The van der Waals surface area contributed by atoms with Crippen LogP contribution in [-0.4, -0.2) is 151 Å². The molecule has 1 saturated heterocycles. The second kappa shape index (κ2) is 30.5. The molecule has 1 aliphatic heterocycles. The average Bonchev–Trinajstić information content (AvgIpc) is 3.37. The molecule has 0 spiro atoms. The first-order valence-corrected chi connectivity index (χ1v) is 24.9. The lowest BCUT2D eigenvalue weighted by molar-refractivity contribution is -0.135. The lowest BCUT2D eigenvalue weighted by Crippen LogP contribution is -2.59. The smallest absolute Gasteiger partial charge is 0.244 e. The number of benzene rings is 3. The molecule has 0 saturated carbocycles. The van der Waals surface area contributed by atoms with Crippen molar-refractivity contribution >= 4 is 81.6 Å². The summed E-state index contributed by atoms with van der Waals surface area (Å²) >= 11 is 0. The summed E-state index contributed by atoms with van der Waals surface area (Å²) in [6.45, 7) is 1.13. The molecule has 9 amide bonds. The summed E-state index contributed by atoms with van der Waals surface area (Å²) in [6, 6.07) is 8.82. The van der Waals surface area contributed by atoms with Crippen LogP contribution in [0.15, 0.2) is 66.7 Å². The van der Waals surface area contributed by atoms with Gasteiger partial charge in [0.05, 0.1) is 13.1 Å². The van der Waals surface area contributed by atoms with Gasteiger partial charge >= 0.3 is 0 Å². The Kier molecular flexibility index (Phi) is 24.0. The molecular weight excluding hydrogens is 1000 g/mol. The van der Waals surface area contributed by atoms with E-state index < -0.39 is 121 Å². The molecule has 1 heterocycles. The topological polar surface area (TPSA) is 449 Å². The van der Waals surface area contributed by atoms with Crippen molar-refractivity contribution < 1.29 is 53.1 Å². The summed E-state index contributed by atoms with van der Waals surface area (Å²) in [6.07, 6.45) is -0.620. The number of hydrogen-bond acceptors (Lipinski definition) is 14. The van der Waals surface area contributed by atoms with Gasteiger partial charge in [-0.25, -0.2) is 0 Å². The molecule has 0 aromatic heterocycles. The van der Waals surface area contributed by atoms with Gasteiger partial charge in [0.25, 0.3) is 0 Å². The number of phenols is 1. The molecule has 1 aliphatic rings. The zero-order valence-corrected chi connectivity index (χ0v) is 42.8. The van der Waals surface area contributed by atoms with Gasteiger partial charge in [-0.2, -0.15) is 0 Å². The number of hydrogen-bond donors (Lipinski definition) is 17. The molecule has 416 valence electrons. The van der Waals surface area contributed by atoms with Gasteiger partial charge in [-0.1, -0.05) is 54.6 Å². The Morgan fingerprint density at radius 1 is 0.701 bits per heavy atom. The lowest BCUT2D eigenvalue weighted by Gasteiger charge is -2.26. The highest BCUT2D eigenvalue weighted by atomic mass is 16.3. The normalized spacial score (nSPS) is 21.1. The van der Waals surface area contributed by atoms with Gasteiger partial charge in [0.15, 0.2) is 11.9 Å². The van der Waals surface area contributed by atoms with E-state index in [1.807, 2.05) is 36.4 Å². The number of carbonyl (C=O) groups is 10. The molecular formula is C50H70N16O11. The Hall–Kier alpha value is -8.88. The van der Waals surface area contributed by atoms with Crippen molar-refractivity contribution in [2.75, 3.05) is 32.7 Å². The molecule has 1 fully saturated rings. The Labute approximate surface area is 443 Å². The van der Waals surface area contributed by atoms with Crippen LogP contribution in [0.2, 0.25) is 0 Å². The third kappa shape index (κ3) is 21.5. The second-order valence-electron chi connectivity index (χ2n) is 18.4. The van der Waals surface area contributed by atoms with Crippen LogP contribution in [0.1, 0.15) is 63.5 Å². The number of primary amides is 1. The third-order valence-corrected chi connectivity index (χ3v) is 12.1. The maximum absolute atomic E-state index is 14.3. The molecule has 27 nitrogen and oxygen atoms in total. The number of carbonyl (C=O) groups excluding carboxylic acids is 10. The summed E-state index contributed by atoms with van der Waals surface area (Å²) in [7, 11) is 0. The lowest BCUT2D eigenvalue weighted by atomic mass is 10.0. The molecule has 27 heteroatoms. The first-order valence-electron chi connectivity index (χ1n) is 24.9. The number of nitrogens with one attached hydrogen (secondary N) is 13. The fourth-order valence-corrected chi connectivity index (χ4v) is 8.00. The average molecular weight is 1070 g/mol. The van der Waals surface area contributed by atoms with Crippen molar-refractivity contribution in [3.8, 4) is 5.75 Å². The van der Waals surface area contributed by atoms with Crippen molar-refractivity contribution in [2.24, 2.45) is 17.2 Å². The summed E-state index contributed by atoms with van der Waals surface area (Å²) in [4.78, 5) is 136. The number of amides is 9. The van der Waals surface area contributed by atoms with E-state index in [9.17, 15) is 53.1 Å². The molecule has 3 aromatic carbocycles. The van der Waals surface area contributed by atoms with Crippen molar-refractivity contribution in [3.05, 3.63) is 77.9 Å². The van der Waals surface area contributed by atoms with E-state index in [0.29, 0.717) is 11.1 Å². The fraction of sp³-hybridized carbons (Fsp3) is 0.440. The van der Waals surface area contributed by atoms with E-state index in [1.165, 1.54) is 31.2 Å². The van der Waals surface area contributed by atoms with Crippen molar-refractivity contribution in [1.82, 2.24) is 58.5 Å². The van der Waals surface area contributed by atoms with E-state index in [4.69, 9.17) is 28.0 Å². The van der Waals surface area contributed by atoms with Crippen LogP contribution in [-0.2, 0) is 60.8 Å². The van der Waals surface area contributed by atoms with Gasteiger partial charge in [0.2, 0.25) is 53.2 Å². The Morgan fingerprint density at radius 2 is 1.30 bits per heavy atom. The zero-order valence-electron chi connectivity index (χ0n) is 42.8. The van der Waals surface area contributed by atoms with Gasteiger partial charge in [0.1, 0.15) is 53.8 Å². The van der Waals surface area contributed by atoms with Gasteiger partial charge in [-0.15, -0.1) is 0 Å². The SMILES string of the molecule is CC(=O)N[C@H]1CCC(=O)CNC[C@@H](C(=O)N[C@@H](CCCNC(=N)N)C(N)=O)NC(=O)CNC(=O)[C@H](Cc2ccc3ccccc3c2)NC(=O)[C@@H](C)NC(=O)[C@H](CCCNC(=N)N)NC(=O)[C@H](Cc2ccc(O)cc2)NC1=O. The van der Waals surface area contributed by atoms with Crippen LogP contribution in [0.25, 0.3) is 10.8 Å². The highest BCUT2D eigenvalue weighted by Crippen LogP contribution is 2.18. The van der Waals surface area contributed by atoms with Gasteiger partial charge in [0, 0.05) is 45.8 Å². The summed E-state index contributed by atoms with van der Waals surface area (Å²) in [5.41, 5.74) is 17.4. The fourth-order valence-electron chi connectivity index (χ4n) is 8.00. The number of aromatic hydroxyl groups is 1. The summed E-state index contributed by atoms with van der Waals surface area (Å²) in [5.74, 6) is -8.98. The summed E-state index contributed by atoms with van der Waals surface area (Å²) < 4.78 is 0. The Bertz CT molecular complexity index is 2630.